The molecule has 0 N–H and O–H groups in total. The number of hydrogen-bond acceptors (Lipinski definition) is 4. The van der Waals surface area contributed by atoms with Crippen LogP contribution in [0.25, 0.3) is 10.9 Å². The highest BCUT2D eigenvalue weighted by molar-refractivity contribution is 6.38. The van der Waals surface area contributed by atoms with Gasteiger partial charge >= 0.3 is 6.36 Å². The number of pyridine rings is 1. The molecule has 0 atom stereocenters. The molecule has 2 heterocycles. The normalized spacial score (nSPS) is 16.1. The lowest BCUT2D eigenvalue weighted by molar-refractivity contribution is -0.274. The van der Waals surface area contributed by atoms with E-state index in [4.69, 9.17) is 16.3 Å². The minimum atomic E-state index is -4.74. The molecule has 1 aromatic heterocycles. The smallest absolute Gasteiger partial charge is 0.406 e. The van der Waals surface area contributed by atoms with Crippen molar-refractivity contribution < 1.29 is 22.6 Å². The van der Waals surface area contributed by atoms with Crippen LogP contribution >= 0.6 is 11.6 Å². The molecule has 118 valence electrons. The van der Waals surface area contributed by atoms with Crippen LogP contribution in [-0.4, -0.2) is 37.6 Å². The van der Waals surface area contributed by atoms with Crippen molar-refractivity contribution in [3.63, 3.8) is 0 Å². The Morgan fingerprint density at radius 3 is 2.64 bits per heavy atom. The molecule has 3 rings (SSSR count). The number of morpholine rings is 1. The van der Waals surface area contributed by atoms with E-state index in [2.05, 4.69) is 9.72 Å². The van der Waals surface area contributed by atoms with Crippen LogP contribution in [0, 0.1) is 0 Å². The summed E-state index contributed by atoms with van der Waals surface area (Å²) in [6.45, 7) is 2.47. The van der Waals surface area contributed by atoms with Gasteiger partial charge in [0.1, 0.15) is 5.75 Å². The molecule has 0 saturated carbocycles. The number of benzene rings is 1. The Kier molecular flexibility index (Phi) is 4.01. The Labute approximate surface area is 129 Å². The number of alkyl halides is 3. The predicted molar refractivity (Wildman–Crippen MR) is 76.5 cm³/mol. The first-order chi connectivity index (χ1) is 10.4. The molecule has 2 aromatic rings. The van der Waals surface area contributed by atoms with Crippen LogP contribution in [0.3, 0.4) is 0 Å². The van der Waals surface area contributed by atoms with E-state index in [1.54, 1.807) is 6.20 Å². The molecule has 0 unspecified atom stereocenters. The molecule has 1 aliphatic rings. The Bertz CT molecular complexity index is 688. The van der Waals surface area contributed by atoms with Crippen molar-refractivity contribution in [3.8, 4) is 5.75 Å². The van der Waals surface area contributed by atoms with Gasteiger partial charge in [0.15, 0.2) is 0 Å². The quantitative estimate of drug-likeness (QED) is 0.841. The van der Waals surface area contributed by atoms with Crippen LogP contribution in [0.5, 0.6) is 5.75 Å². The third-order valence-electron chi connectivity index (χ3n) is 3.34. The molecule has 0 amide bonds. The van der Waals surface area contributed by atoms with Crippen molar-refractivity contribution in [2.24, 2.45) is 0 Å². The molecular formula is C14H12ClF3N2O2. The summed E-state index contributed by atoms with van der Waals surface area (Å²) in [5.41, 5.74) is 1.19. The van der Waals surface area contributed by atoms with Crippen molar-refractivity contribution in [3.05, 3.63) is 29.4 Å². The van der Waals surface area contributed by atoms with Crippen LogP contribution in [0.2, 0.25) is 5.02 Å². The van der Waals surface area contributed by atoms with Crippen LogP contribution in [0.15, 0.2) is 24.4 Å². The first kappa shape index (κ1) is 15.2. The van der Waals surface area contributed by atoms with E-state index >= 15 is 0 Å². The predicted octanol–water partition coefficient (Wildman–Crippen LogP) is 3.62. The fourth-order valence-electron chi connectivity index (χ4n) is 2.35. The molecule has 1 aromatic carbocycles. The summed E-state index contributed by atoms with van der Waals surface area (Å²) in [5, 5.41) is 0.784. The third kappa shape index (κ3) is 3.20. The van der Waals surface area contributed by atoms with E-state index in [1.165, 1.54) is 18.2 Å². The third-order valence-corrected chi connectivity index (χ3v) is 3.74. The maximum Gasteiger partial charge on any atom is 0.573 e. The second kappa shape index (κ2) is 5.81. The number of aromatic nitrogens is 1. The molecule has 0 aliphatic carbocycles. The van der Waals surface area contributed by atoms with Crippen LogP contribution in [0.4, 0.5) is 18.9 Å². The summed E-state index contributed by atoms with van der Waals surface area (Å²) in [7, 11) is 0. The van der Waals surface area contributed by atoms with E-state index < -0.39 is 6.36 Å². The first-order valence-electron chi connectivity index (χ1n) is 6.61. The van der Waals surface area contributed by atoms with E-state index in [0.29, 0.717) is 47.9 Å². The van der Waals surface area contributed by atoms with Crippen molar-refractivity contribution >= 4 is 28.2 Å². The van der Waals surface area contributed by atoms with Gasteiger partial charge in [-0.2, -0.15) is 0 Å². The SMILES string of the molecule is FC(F)(F)Oc1ccc2ncc(N3CCOCC3)c(Cl)c2c1. The summed E-state index contributed by atoms with van der Waals surface area (Å²) >= 11 is 6.36. The Morgan fingerprint density at radius 1 is 1.23 bits per heavy atom. The molecule has 1 aliphatic heterocycles. The Hall–Kier alpha value is -1.73. The lowest BCUT2D eigenvalue weighted by Crippen LogP contribution is -2.36. The van der Waals surface area contributed by atoms with E-state index in [0.717, 1.165) is 0 Å². The van der Waals surface area contributed by atoms with Gasteiger partial charge in [0.05, 0.1) is 35.6 Å². The summed E-state index contributed by atoms with van der Waals surface area (Å²) in [5.74, 6) is -0.317. The van der Waals surface area contributed by atoms with Gasteiger partial charge in [-0.1, -0.05) is 11.6 Å². The van der Waals surface area contributed by atoms with Crippen molar-refractivity contribution in [1.29, 1.82) is 0 Å². The molecule has 1 fully saturated rings. The van der Waals surface area contributed by atoms with Crippen molar-refractivity contribution in [1.82, 2.24) is 4.98 Å². The molecule has 4 nitrogen and oxygen atoms in total. The van der Waals surface area contributed by atoms with Gasteiger partial charge in [-0.05, 0) is 18.2 Å². The standard InChI is InChI=1S/C14H12ClF3N2O2/c15-13-10-7-9(22-14(16,17)18)1-2-11(10)19-8-12(13)20-3-5-21-6-4-20/h1-2,7-8H,3-6H2. The Morgan fingerprint density at radius 2 is 1.95 bits per heavy atom. The van der Waals surface area contributed by atoms with Crippen LogP contribution < -0.4 is 9.64 Å². The molecule has 8 heteroatoms. The van der Waals surface area contributed by atoms with E-state index in [1.807, 2.05) is 4.90 Å². The molecule has 0 radical (unpaired) electrons. The van der Waals surface area contributed by atoms with E-state index in [-0.39, 0.29) is 5.75 Å². The zero-order valence-corrected chi connectivity index (χ0v) is 12.1. The van der Waals surface area contributed by atoms with Crippen molar-refractivity contribution in [2.75, 3.05) is 31.2 Å². The molecule has 22 heavy (non-hydrogen) atoms. The van der Waals surface area contributed by atoms with Gasteiger partial charge in [0.2, 0.25) is 0 Å². The fourth-order valence-corrected chi connectivity index (χ4v) is 2.67. The second-order valence-corrected chi connectivity index (χ2v) is 5.16. The summed E-state index contributed by atoms with van der Waals surface area (Å²) in [6.07, 6.45) is -3.12. The highest BCUT2D eigenvalue weighted by Crippen LogP contribution is 2.35. The van der Waals surface area contributed by atoms with E-state index in [9.17, 15) is 13.2 Å². The summed E-state index contributed by atoms with van der Waals surface area (Å²) in [4.78, 5) is 6.25. The zero-order chi connectivity index (χ0) is 15.7. The maximum absolute atomic E-state index is 12.3. The highest BCUT2D eigenvalue weighted by atomic mass is 35.5. The minimum absolute atomic E-state index is 0.317. The number of nitrogens with zero attached hydrogens (tertiary/aromatic N) is 2. The minimum Gasteiger partial charge on any atom is -0.406 e. The van der Waals surface area contributed by atoms with Gasteiger partial charge in [-0.3, -0.25) is 4.98 Å². The van der Waals surface area contributed by atoms with Gasteiger partial charge in [0.25, 0.3) is 0 Å². The van der Waals surface area contributed by atoms with Crippen LogP contribution in [0.1, 0.15) is 0 Å². The monoisotopic (exact) mass is 332 g/mol. The average Bonchev–Trinajstić information content (AvgIpc) is 2.47. The first-order valence-corrected chi connectivity index (χ1v) is 6.98. The number of halogens is 4. The number of hydrogen-bond donors (Lipinski definition) is 0. The number of fused-ring (bicyclic) bond motifs is 1. The summed E-state index contributed by atoms with van der Waals surface area (Å²) < 4.78 is 46.2. The van der Waals surface area contributed by atoms with Gasteiger partial charge < -0.3 is 14.4 Å². The number of rotatable bonds is 2. The maximum atomic E-state index is 12.3. The topological polar surface area (TPSA) is 34.6 Å². The van der Waals surface area contributed by atoms with Crippen LogP contribution in [-0.2, 0) is 4.74 Å². The van der Waals surface area contributed by atoms with Crippen molar-refractivity contribution in [2.45, 2.75) is 6.36 Å². The molecular weight excluding hydrogens is 321 g/mol. The zero-order valence-electron chi connectivity index (χ0n) is 11.4. The molecule has 1 saturated heterocycles. The number of anilines is 1. The second-order valence-electron chi connectivity index (χ2n) is 4.78. The molecule has 0 spiro atoms. The van der Waals surface area contributed by atoms with Gasteiger partial charge in [-0.15, -0.1) is 13.2 Å². The molecule has 0 bridgehead atoms. The fraction of sp³-hybridized carbons (Fsp3) is 0.357. The summed E-state index contributed by atoms with van der Waals surface area (Å²) in [6, 6.07) is 3.92. The number of ether oxygens (including phenoxy) is 2. The lowest BCUT2D eigenvalue weighted by atomic mass is 10.2. The largest absolute Gasteiger partial charge is 0.573 e. The highest BCUT2D eigenvalue weighted by Gasteiger charge is 2.31. The van der Waals surface area contributed by atoms with Gasteiger partial charge in [0, 0.05) is 18.5 Å². The lowest BCUT2D eigenvalue weighted by Gasteiger charge is -2.29. The average molecular weight is 333 g/mol. The van der Waals surface area contributed by atoms with Gasteiger partial charge in [-0.25, -0.2) is 0 Å². The Balaban J connectivity index is 2.00.